The lowest BCUT2D eigenvalue weighted by Crippen LogP contribution is -2.48. The summed E-state index contributed by atoms with van der Waals surface area (Å²) in [7, 11) is 3.65. The van der Waals surface area contributed by atoms with E-state index in [1.54, 1.807) is 4.90 Å². The fraction of sp³-hybridized carbons (Fsp3) is 0.917. The first-order valence-electron chi connectivity index (χ1n) is 6.35. The third-order valence-electron chi connectivity index (χ3n) is 3.40. The molecule has 2 aliphatic rings. The van der Waals surface area contributed by atoms with Crippen molar-refractivity contribution < 1.29 is 9.53 Å². The average molecular weight is 258 g/mol. The summed E-state index contributed by atoms with van der Waals surface area (Å²) in [6.45, 7) is 1.62. The van der Waals surface area contributed by atoms with Gasteiger partial charge < -0.3 is 14.5 Å². The molecule has 4 nitrogen and oxygen atoms in total. The lowest BCUT2D eigenvalue weighted by atomic mass is 10.2. The molecule has 2 aliphatic heterocycles. The van der Waals surface area contributed by atoms with Gasteiger partial charge in [-0.3, -0.25) is 0 Å². The highest BCUT2D eigenvalue weighted by Gasteiger charge is 2.31. The highest BCUT2D eigenvalue weighted by atomic mass is 32.2. The first kappa shape index (κ1) is 13.0. The van der Waals surface area contributed by atoms with Crippen LogP contribution in [0.1, 0.15) is 19.3 Å². The lowest BCUT2D eigenvalue weighted by Gasteiger charge is -2.32. The molecule has 98 valence electrons. The highest BCUT2D eigenvalue weighted by molar-refractivity contribution is 7.99. The lowest BCUT2D eigenvalue weighted by molar-refractivity contribution is 0.0664. The van der Waals surface area contributed by atoms with Gasteiger partial charge in [-0.05, 0) is 25.0 Å². The number of carbonyl (C=O) groups excluding carboxylic acids is 1. The Morgan fingerprint density at radius 2 is 2.24 bits per heavy atom. The van der Waals surface area contributed by atoms with Crippen molar-refractivity contribution in [2.24, 2.45) is 0 Å². The first-order valence-corrected chi connectivity index (χ1v) is 7.51. The van der Waals surface area contributed by atoms with Crippen molar-refractivity contribution in [2.75, 3.05) is 38.8 Å². The van der Waals surface area contributed by atoms with Gasteiger partial charge in [0.25, 0.3) is 0 Å². The average Bonchev–Trinajstić information content (AvgIpc) is 2.97. The standard InChI is InChI=1S/C12H22N2O2S/c1-13(2)12(15)14(10-5-7-17-9-10)8-11-4-3-6-16-11/h10-11H,3-9H2,1-2H3. The number of amides is 2. The van der Waals surface area contributed by atoms with Crippen LogP contribution < -0.4 is 0 Å². The van der Waals surface area contributed by atoms with Crippen molar-refractivity contribution in [3.63, 3.8) is 0 Å². The van der Waals surface area contributed by atoms with E-state index in [1.165, 1.54) is 5.75 Å². The predicted octanol–water partition coefficient (Wildman–Crippen LogP) is 1.65. The van der Waals surface area contributed by atoms with Gasteiger partial charge in [-0.25, -0.2) is 4.79 Å². The van der Waals surface area contributed by atoms with Gasteiger partial charge in [0.2, 0.25) is 0 Å². The maximum Gasteiger partial charge on any atom is 0.319 e. The quantitative estimate of drug-likeness (QED) is 0.772. The molecule has 0 N–H and O–H groups in total. The van der Waals surface area contributed by atoms with Crippen molar-refractivity contribution in [3.8, 4) is 0 Å². The van der Waals surface area contributed by atoms with Crippen LogP contribution in [0, 0.1) is 0 Å². The van der Waals surface area contributed by atoms with Crippen LogP contribution >= 0.6 is 11.8 Å². The molecule has 5 heteroatoms. The largest absolute Gasteiger partial charge is 0.376 e. The summed E-state index contributed by atoms with van der Waals surface area (Å²) < 4.78 is 5.65. The van der Waals surface area contributed by atoms with Crippen molar-refractivity contribution in [1.29, 1.82) is 0 Å². The molecule has 0 aromatic carbocycles. The zero-order valence-corrected chi connectivity index (χ0v) is 11.5. The fourth-order valence-corrected chi connectivity index (χ4v) is 3.64. The molecule has 2 heterocycles. The molecule has 0 spiro atoms. The molecule has 0 bridgehead atoms. The Balaban J connectivity index is 1.97. The first-order chi connectivity index (χ1) is 8.18. The molecule has 0 radical (unpaired) electrons. The molecule has 2 rings (SSSR count). The van der Waals surface area contributed by atoms with E-state index in [4.69, 9.17) is 4.74 Å². The van der Waals surface area contributed by atoms with Crippen LogP contribution in [0.15, 0.2) is 0 Å². The summed E-state index contributed by atoms with van der Waals surface area (Å²) in [4.78, 5) is 15.9. The molecule has 17 heavy (non-hydrogen) atoms. The zero-order chi connectivity index (χ0) is 12.3. The summed E-state index contributed by atoms with van der Waals surface area (Å²) in [5.41, 5.74) is 0. The molecule has 2 fully saturated rings. The van der Waals surface area contributed by atoms with Gasteiger partial charge >= 0.3 is 6.03 Å². The molecule has 0 aliphatic carbocycles. The number of ether oxygens (including phenoxy) is 1. The minimum absolute atomic E-state index is 0.132. The van der Waals surface area contributed by atoms with Crippen molar-refractivity contribution in [2.45, 2.75) is 31.4 Å². The molecule has 0 saturated carbocycles. The van der Waals surface area contributed by atoms with E-state index < -0.39 is 0 Å². The van der Waals surface area contributed by atoms with E-state index in [0.717, 1.165) is 38.2 Å². The van der Waals surface area contributed by atoms with E-state index in [9.17, 15) is 4.79 Å². The zero-order valence-electron chi connectivity index (χ0n) is 10.7. The topological polar surface area (TPSA) is 32.8 Å². The monoisotopic (exact) mass is 258 g/mol. The molecule has 2 saturated heterocycles. The van der Waals surface area contributed by atoms with E-state index in [0.29, 0.717) is 6.04 Å². The summed E-state index contributed by atoms with van der Waals surface area (Å²) in [6.07, 6.45) is 3.60. The normalized spacial score (nSPS) is 28.4. The van der Waals surface area contributed by atoms with E-state index >= 15 is 0 Å². The third kappa shape index (κ3) is 3.28. The van der Waals surface area contributed by atoms with E-state index in [1.807, 2.05) is 30.8 Å². The summed E-state index contributed by atoms with van der Waals surface area (Å²) in [6, 6.07) is 0.534. The van der Waals surface area contributed by atoms with Crippen molar-refractivity contribution in [3.05, 3.63) is 0 Å². The van der Waals surface area contributed by atoms with Crippen LogP contribution in [0.4, 0.5) is 4.79 Å². The van der Waals surface area contributed by atoms with E-state index in [-0.39, 0.29) is 12.1 Å². The SMILES string of the molecule is CN(C)C(=O)N(CC1CCCO1)C1CCSC1. The van der Waals surface area contributed by atoms with Gasteiger partial charge in [-0.1, -0.05) is 0 Å². The second-order valence-corrected chi connectivity index (χ2v) is 6.13. The number of rotatable bonds is 3. The number of hydrogen-bond acceptors (Lipinski definition) is 3. The summed E-state index contributed by atoms with van der Waals surface area (Å²) >= 11 is 1.94. The Hall–Kier alpha value is -0.420. The summed E-state index contributed by atoms with van der Waals surface area (Å²) in [5, 5.41) is 0. The molecule has 0 aromatic heterocycles. The van der Waals surface area contributed by atoms with Gasteiger partial charge in [0.05, 0.1) is 6.10 Å². The third-order valence-corrected chi connectivity index (χ3v) is 4.54. The van der Waals surface area contributed by atoms with E-state index in [2.05, 4.69) is 0 Å². The second-order valence-electron chi connectivity index (χ2n) is 4.98. The van der Waals surface area contributed by atoms with Crippen LogP contribution in [0.3, 0.4) is 0 Å². The van der Waals surface area contributed by atoms with Gasteiger partial charge in [0, 0.05) is 39.0 Å². The van der Waals surface area contributed by atoms with Gasteiger partial charge in [-0.2, -0.15) is 11.8 Å². The van der Waals surface area contributed by atoms with Gasteiger partial charge in [-0.15, -0.1) is 0 Å². The molecular formula is C12H22N2O2S. The maximum absolute atomic E-state index is 12.2. The Labute approximate surface area is 108 Å². The number of thioether (sulfide) groups is 1. The van der Waals surface area contributed by atoms with Crippen LogP contribution in [-0.4, -0.2) is 66.7 Å². The molecule has 0 aromatic rings. The number of urea groups is 1. The molecule has 2 atom stereocenters. The minimum atomic E-state index is 0.132. The van der Waals surface area contributed by atoms with Crippen LogP contribution in [0.25, 0.3) is 0 Å². The maximum atomic E-state index is 12.2. The van der Waals surface area contributed by atoms with Gasteiger partial charge in [0.1, 0.15) is 0 Å². The summed E-state index contributed by atoms with van der Waals surface area (Å²) in [5.74, 6) is 2.25. The minimum Gasteiger partial charge on any atom is -0.376 e. The number of hydrogen-bond donors (Lipinski definition) is 0. The number of carbonyl (C=O) groups is 1. The number of nitrogens with zero attached hydrogens (tertiary/aromatic N) is 2. The Kier molecular flexibility index (Phi) is 4.56. The Bertz CT molecular complexity index is 261. The van der Waals surface area contributed by atoms with Crippen LogP contribution in [0.2, 0.25) is 0 Å². The fourth-order valence-electron chi connectivity index (χ4n) is 2.42. The van der Waals surface area contributed by atoms with Gasteiger partial charge in [0.15, 0.2) is 0 Å². The second kappa shape index (κ2) is 5.96. The Morgan fingerprint density at radius 3 is 2.76 bits per heavy atom. The smallest absolute Gasteiger partial charge is 0.319 e. The van der Waals surface area contributed by atoms with Crippen LogP contribution in [-0.2, 0) is 4.74 Å². The molecular weight excluding hydrogens is 236 g/mol. The molecule has 2 unspecified atom stereocenters. The predicted molar refractivity (Wildman–Crippen MR) is 70.5 cm³/mol. The molecule has 2 amide bonds. The van der Waals surface area contributed by atoms with Crippen molar-refractivity contribution >= 4 is 17.8 Å². The highest BCUT2D eigenvalue weighted by Crippen LogP contribution is 2.25. The Morgan fingerprint density at radius 1 is 1.41 bits per heavy atom. The van der Waals surface area contributed by atoms with Crippen molar-refractivity contribution in [1.82, 2.24) is 9.80 Å². The van der Waals surface area contributed by atoms with Crippen LogP contribution in [0.5, 0.6) is 0 Å².